The Bertz CT molecular complexity index is 2210. The first-order valence-electron chi connectivity index (χ1n) is 44.5. The number of rotatable bonds is 56. The quantitative estimate of drug-likeness (QED) is 0.0315. The van der Waals surface area contributed by atoms with Crippen LogP contribution in [0.25, 0.3) is 0 Å². The van der Waals surface area contributed by atoms with Crippen molar-refractivity contribution in [3.8, 4) is 0 Å². The predicted molar refractivity (Wildman–Crippen MR) is 464 cm³/mol. The summed E-state index contributed by atoms with van der Waals surface area (Å²) in [5, 5.41) is 0. The SMILES string of the molecule is CC(=O)OCC[N+](C)(C)C.CCC(=O)OCC[N+](C)(C)C.CCC(=O)OCC[N+](CC)(CC)CC.CCCC[N+](CC)(CCC)CCOC(=O)CC.CCCC[N+](CC)(CCC)CCOC(C)=O.CCC[N+](CC)(CCC)CCOC(=O)CC.CCC[N+](CC)(CCC)CCOC(C)=O.CC[N+](CC)(CC)CCOC(C)=O. The van der Waals surface area contributed by atoms with Crippen LogP contribution in [-0.4, -0.2) is 349 Å². The summed E-state index contributed by atoms with van der Waals surface area (Å²) in [4.78, 5) is 86.1. The van der Waals surface area contributed by atoms with Crippen LogP contribution in [0.3, 0.4) is 0 Å². The maximum atomic E-state index is 11.1. The van der Waals surface area contributed by atoms with Gasteiger partial charge in [-0.1, -0.05) is 95.9 Å². The van der Waals surface area contributed by atoms with Gasteiger partial charge in [0.15, 0.2) is 0 Å². The average Bonchev–Trinajstić information content (AvgIpc) is 0.890. The van der Waals surface area contributed by atoms with Crippen molar-refractivity contribution in [3.05, 3.63) is 0 Å². The Morgan fingerprint density at radius 1 is 0.188 bits per heavy atom. The van der Waals surface area contributed by atoms with E-state index in [9.17, 15) is 38.4 Å². The zero-order chi connectivity index (χ0) is 88.2. The minimum absolute atomic E-state index is 0.0776. The highest BCUT2D eigenvalue weighted by Gasteiger charge is 2.28. The molecule has 24 heteroatoms. The maximum Gasteiger partial charge on any atom is 0.305 e. The van der Waals surface area contributed by atoms with E-state index in [1.54, 1.807) is 6.92 Å². The summed E-state index contributed by atoms with van der Waals surface area (Å²) in [6.45, 7) is 85.5. The molecule has 0 amide bonds. The lowest BCUT2D eigenvalue weighted by molar-refractivity contribution is -0.927. The van der Waals surface area contributed by atoms with Crippen LogP contribution in [0, 0.1) is 0 Å². The number of carbonyl (C=O) groups is 8. The highest BCUT2D eigenvalue weighted by atomic mass is 16.6. The standard InChI is InChI=1S/C14H30NO2.2C13H28NO2.C12H26NO2.C11H24NO2.C10H22NO2.C8H18NO2.C7H16NO2/c1-5-9-11-15(8-4,10-6-2)12-13-17-14(16)7-3;1-5-8-10-14(7-3,9-6-2)11-12-16-13(4)15;1-5-9-14(8-4,10-6-2)11-12-16-13(15)7-3;1-5-8-13(7-3,9-6-2)10-11-15-12(4)14;1-5-11(13)14-10-9-12(6-2,7-3)8-4;1-5-11(6-2,7-3)8-9-13-10(4)12;1-5-8(10)11-7-6-9(2,3)4;1-7(9)10-6-5-8(2,3)4/h5-13H2,1-4H3;2*5-12H2,1-4H3;5-11H2,1-4H3;5-10H2,1-4H3;5-9H2,1-4H3;5-7H2,1-4H3;5-6H2,1-4H3/q8*+1. The number of quaternary nitrogens is 8. The van der Waals surface area contributed by atoms with Crippen LogP contribution in [0.1, 0.15) is 270 Å². The molecular weight excluding hydrogens is 1430 g/mol. The zero-order valence-electron chi connectivity index (χ0n) is 80.1. The van der Waals surface area contributed by atoms with E-state index in [0.717, 1.165) is 154 Å². The largest absolute Gasteiger partial charge is 0.460 e. The molecule has 0 aromatic carbocycles. The molecule has 112 heavy (non-hydrogen) atoms. The van der Waals surface area contributed by atoms with Crippen LogP contribution >= 0.6 is 0 Å². The highest BCUT2D eigenvalue weighted by molar-refractivity contribution is 5.70. The lowest BCUT2D eigenvalue weighted by Gasteiger charge is -2.37. The predicted octanol–water partition coefficient (Wildman–Crippen LogP) is 14.5. The van der Waals surface area contributed by atoms with Gasteiger partial charge in [-0.25, -0.2) is 0 Å². The van der Waals surface area contributed by atoms with Crippen molar-refractivity contribution in [1.29, 1.82) is 0 Å². The molecule has 0 bridgehead atoms. The third-order valence-electron chi connectivity index (χ3n) is 21.2. The van der Waals surface area contributed by atoms with Crippen LogP contribution in [0.2, 0.25) is 0 Å². The number of unbranched alkanes of at least 4 members (excludes halogenated alkanes) is 2. The van der Waals surface area contributed by atoms with E-state index in [-0.39, 0.29) is 47.8 Å². The lowest BCUT2D eigenvalue weighted by Crippen LogP contribution is -2.51. The Balaban J connectivity index is -0.000000185. The second kappa shape index (κ2) is 77.7. The van der Waals surface area contributed by atoms with Crippen molar-refractivity contribution in [1.82, 2.24) is 0 Å². The van der Waals surface area contributed by atoms with Crippen molar-refractivity contribution in [2.75, 3.05) is 265 Å². The Morgan fingerprint density at radius 3 is 0.482 bits per heavy atom. The molecule has 0 spiro atoms. The van der Waals surface area contributed by atoms with Crippen molar-refractivity contribution in [2.45, 2.75) is 270 Å². The van der Waals surface area contributed by atoms with Gasteiger partial charge < -0.3 is 73.8 Å². The smallest absolute Gasteiger partial charge is 0.305 e. The first kappa shape index (κ1) is 123. The minimum Gasteiger partial charge on any atom is -0.460 e. The van der Waals surface area contributed by atoms with E-state index in [0.29, 0.717) is 78.5 Å². The van der Waals surface area contributed by atoms with Crippen LogP contribution in [0.5, 0.6) is 0 Å². The summed E-state index contributed by atoms with van der Waals surface area (Å²) >= 11 is 0. The first-order valence-corrected chi connectivity index (χ1v) is 44.5. The number of ether oxygens (including phenoxy) is 8. The average molecular weight is 1620 g/mol. The summed E-state index contributed by atoms with van der Waals surface area (Å²) < 4.78 is 48.3. The molecule has 0 saturated carbocycles. The number of esters is 8. The fourth-order valence-corrected chi connectivity index (χ4v) is 12.9. The molecule has 0 aliphatic heterocycles. The Hall–Kier alpha value is -4.56. The second-order valence-electron chi connectivity index (χ2n) is 31.7. The van der Waals surface area contributed by atoms with E-state index in [2.05, 4.69) is 167 Å². The third-order valence-corrected chi connectivity index (χ3v) is 21.2. The van der Waals surface area contributed by atoms with Crippen molar-refractivity contribution < 1.29 is 112 Å². The monoisotopic (exact) mass is 1620 g/mol. The molecule has 0 radical (unpaired) electrons. The summed E-state index contributed by atoms with van der Waals surface area (Å²) in [6.07, 6.45) is 14.0. The fraction of sp³-hybridized carbons (Fsp3) is 0.909. The number of nitrogens with zero attached hydrogens (tertiary/aromatic N) is 8. The normalized spacial score (nSPS) is 12.3. The molecule has 0 N–H and O–H groups in total. The maximum absolute atomic E-state index is 11.1. The summed E-state index contributed by atoms with van der Waals surface area (Å²) in [5.74, 6) is -1.08. The zero-order valence-corrected chi connectivity index (χ0v) is 80.1. The lowest BCUT2D eigenvalue weighted by atomic mass is 10.2. The summed E-state index contributed by atoms with van der Waals surface area (Å²) in [5.41, 5.74) is 0. The van der Waals surface area contributed by atoms with Gasteiger partial charge in [-0.15, -0.1) is 0 Å². The molecule has 2 unspecified atom stereocenters. The van der Waals surface area contributed by atoms with E-state index < -0.39 is 0 Å². The van der Waals surface area contributed by atoms with E-state index in [1.807, 2.05) is 20.8 Å². The van der Waals surface area contributed by atoms with E-state index in [4.69, 9.17) is 37.9 Å². The topological polar surface area (TPSA) is 210 Å². The number of hydrogen-bond donors (Lipinski definition) is 0. The number of carbonyl (C=O) groups excluding carboxylic acids is 8. The first-order chi connectivity index (χ1) is 52.6. The second-order valence-corrected chi connectivity index (χ2v) is 31.7. The van der Waals surface area contributed by atoms with Gasteiger partial charge in [-0.3, -0.25) is 38.4 Å². The van der Waals surface area contributed by atoms with Gasteiger partial charge in [-0.2, -0.15) is 0 Å². The van der Waals surface area contributed by atoms with Crippen LogP contribution < -0.4 is 0 Å². The molecule has 0 heterocycles. The fourth-order valence-electron chi connectivity index (χ4n) is 12.9. The van der Waals surface area contributed by atoms with Gasteiger partial charge >= 0.3 is 47.8 Å². The summed E-state index contributed by atoms with van der Waals surface area (Å²) in [7, 11) is 12.4. The van der Waals surface area contributed by atoms with Crippen LogP contribution in [0.4, 0.5) is 0 Å². The van der Waals surface area contributed by atoms with Gasteiger partial charge in [0.25, 0.3) is 0 Å². The van der Waals surface area contributed by atoms with Gasteiger partial charge in [-0.05, 0) is 121 Å². The van der Waals surface area contributed by atoms with E-state index >= 15 is 0 Å². The van der Waals surface area contributed by atoms with Gasteiger partial charge in [0, 0.05) is 53.4 Å². The summed E-state index contributed by atoms with van der Waals surface area (Å²) in [6, 6.07) is 0. The molecule has 24 nitrogen and oxygen atoms in total. The minimum atomic E-state index is -0.201. The van der Waals surface area contributed by atoms with Gasteiger partial charge in [0.1, 0.15) is 105 Å². The number of hydrogen-bond acceptors (Lipinski definition) is 16. The van der Waals surface area contributed by atoms with Gasteiger partial charge in [0.2, 0.25) is 0 Å². The van der Waals surface area contributed by atoms with Crippen LogP contribution in [0.15, 0.2) is 0 Å². The molecule has 0 aliphatic carbocycles. The third kappa shape index (κ3) is 75.5. The van der Waals surface area contributed by atoms with Crippen LogP contribution in [-0.2, 0) is 76.3 Å². The molecule has 2 atom stereocenters. The molecule has 0 saturated heterocycles. The molecule has 672 valence electrons. The van der Waals surface area contributed by atoms with Crippen molar-refractivity contribution in [3.63, 3.8) is 0 Å². The molecule has 0 aromatic rings. The van der Waals surface area contributed by atoms with Gasteiger partial charge in [0.05, 0.1) is 160 Å². The number of likely N-dealkylation sites (N-methyl/N-ethyl adjacent to an activating group) is 8. The molecule has 0 fully saturated rings. The highest BCUT2D eigenvalue weighted by Crippen LogP contribution is 2.15. The molecule has 0 aliphatic rings. The van der Waals surface area contributed by atoms with Crippen molar-refractivity contribution >= 4 is 47.8 Å². The Kier molecular flexibility index (Phi) is 85.4. The Morgan fingerprint density at radius 2 is 0.339 bits per heavy atom. The van der Waals surface area contributed by atoms with E-state index in [1.165, 1.54) is 144 Å². The molecule has 0 aromatic heterocycles. The Labute approximate surface area is 691 Å². The molecule has 0 rings (SSSR count). The van der Waals surface area contributed by atoms with Crippen molar-refractivity contribution in [2.24, 2.45) is 0 Å². The molecular formula is C88H192N8O16+8.